The van der Waals surface area contributed by atoms with Gasteiger partial charge in [-0.3, -0.25) is 0 Å². The molecule has 4 rings (SSSR count). The molecule has 0 aromatic heterocycles. The van der Waals surface area contributed by atoms with Gasteiger partial charge in [0.1, 0.15) is 18.5 Å². The number of rotatable bonds is 8. The Hall–Kier alpha value is -1.75. The number of hydrogen-bond donors (Lipinski definition) is 6. The molecule has 2 unspecified atom stereocenters. The molecule has 0 heterocycles. The molecule has 8 nitrogen and oxygen atoms in total. The van der Waals surface area contributed by atoms with Crippen molar-refractivity contribution in [2.75, 3.05) is 13.2 Å². The van der Waals surface area contributed by atoms with Crippen LogP contribution in [0.2, 0.25) is 5.02 Å². The zero-order valence-corrected chi connectivity index (χ0v) is 23.9. The first kappa shape index (κ1) is 30.2. The lowest BCUT2D eigenvalue weighted by atomic mass is 9.55. The number of benzene rings is 2. The highest BCUT2D eigenvalue weighted by Gasteiger charge is 2.77. The highest BCUT2D eigenvalue weighted by Crippen LogP contribution is 2.63. The zero-order chi connectivity index (χ0) is 29.0. The van der Waals surface area contributed by atoms with E-state index in [1.165, 1.54) is 13.8 Å². The van der Waals surface area contributed by atoms with Crippen LogP contribution in [0.3, 0.4) is 0 Å². The summed E-state index contributed by atoms with van der Waals surface area (Å²) in [7, 11) is 0. The summed E-state index contributed by atoms with van der Waals surface area (Å²) in [5.74, 6) is 0.702. The molecule has 39 heavy (non-hydrogen) atoms. The Morgan fingerprint density at radius 3 is 2.13 bits per heavy atom. The molecule has 7 atom stereocenters. The van der Waals surface area contributed by atoms with Crippen LogP contribution in [-0.2, 0) is 16.6 Å². The topological polar surface area (TPSA) is 140 Å². The van der Waals surface area contributed by atoms with Crippen LogP contribution in [-0.4, -0.2) is 85.6 Å². The standard InChI is InChI=1S/C30H41ClO8/c1-27(2,3)39-13-12-38-20-9-6-17(7-10-20)14-18-15-19(8-11-21(18)31)30-22(32)16-29(26(30)36,28(4,5)37)24(34)23(33)25(30)35/h6-11,15,22-26,32-37H,12-14,16H2,1-5H3/t22?,23-,24-,25+,26?,29-,30-/m1/s1. The Morgan fingerprint density at radius 2 is 1.54 bits per heavy atom. The summed E-state index contributed by atoms with van der Waals surface area (Å²) in [6, 6.07) is 12.5. The molecular formula is C30H41ClO8. The van der Waals surface area contributed by atoms with E-state index in [2.05, 4.69) is 0 Å². The van der Waals surface area contributed by atoms with Gasteiger partial charge in [-0.1, -0.05) is 35.9 Å². The van der Waals surface area contributed by atoms with Gasteiger partial charge in [0.2, 0.25) is 0 Å². The summed E-state index contributed by atoms with van der Waals surface area (Å²) >= 11 is 6.54. The fraction of sp³-hybridized carbons (Fsp3) is 0.600. The van der Waals surface area contributed by atoms with Crippen molar-refractivity contribution in [3.8, 4) is 5.75 Å². The minimum absolute atomic E-state index is 0.215. The van der Waals surface area contributed by atoms with Gasteiger partial charge in [-0.2, -0.15) is 0 Å². The zero-order valence-electron chi connectivity index (χ0n) is 23.1. The first-order valence-electron chi connectivity index (χ1n) is 13.3. The van der Waals surface area contributed by atoms with E-state index in [1.807, 2.05) is 45.0 Å². The molecule has 2 bridgehead atoms. The van der Waals surface area contributed by atoms with Gasteiger partial charge < -0.3 is 40.1 Å². The SMILES string of the molecule is CC(C)(C)OCCOc1ccc(Cc2cc([C@]34C(O)C[C@](C(C)(C)O)(C3O)[C@H](O)[C@@H](O)[C@@H]4O)ccc2Cl)cc1. The summed E-state index contributed by atoms with van der Waals surface area (Å²) < 4.78 is 11.4. The summed E-state index contributed by atoms with van der Waals surface area (Å²) in [5.41, 5.74) is -3.33. The molecule has 0 spiro atoms. The van der Waals surface area contributed by atoms with Gasteiger partial charge in [0, 0.05) is 5.02 Å². The number of ether oxygens (including phenoxy) is 2. The van der Waals surface area contributed by atoms with E-state index in [4.69, 9.17) is 21.1 Å². The van der Waals surface area contributed by atoms with Gasteiger partial charge in [0.05, 0.1) is 53.1 Å². The minimum atomic E-state index is -1.75. The van der Waals surface area contributed by atoms with Crippen LogP contribution in [0.25, 0.3) is 0 Å². The van der Waals surface area contributed by atoms with Gasteiger partial charge in [0.25, 0.3) is 0 Å². The predicted octanol–water partition coefficient (Wildman–Crippen LogP) is 2.34. The van der Waals surface area contributed by atoms with E-state index in [0.29, 0.717) is 41.5 Å². The van der Waals surface area contributed by atoms with Crippen LogP contribution in [0.5, 0.6) is 5.75 Å². The average Bonchev–Trinajstić information content (AvgIpc) is 3.06. The quantitative estimate of drug-likeness (QED) is 0.269. The van der Waals surface area contributed by atoms with Crippen molar-refractivity contribution in [2.24, 2.45) is 5.41 Å². The van der Waals surface area contributed by atoms with E-state index in [9.17, 15) is 30.6 Å². The van der Waals surface area contributed by atoms with Crippen molar-refractivity contribution in [3.05, 3.63) is 64.2 Å². The Bertz CT molecular complexity index is 1160. The second-order valence-electron chi connectivity index (χ2n) is 12.5. The van der Waals surface area contributed by atoms with E-state index < -0.39 is 47.0 Å². The smallest absolute Gasteiger partial charge is 0.119 e. The third kappa shape index (κ3) is 5.11. The average molecular weight is 565 g/mol. The van der Waals surface area contributed by atoms with Gasteiger partial charge in [0.15, 0.2) is 0 Å². The third-order valence-electron chi connectivity index (χ3n) is 8.58. The largest absolute Gasteiger partial charge is 0.491 e. The fourth-order valence-corrected chi connectivity index (χ4v) is 6.67. The first-order valence-corrected chi connectivity index (χ1v) is 13.7. The lowest BCUT2D eigenvalue weighted by Crippen LogP contribution is -2.72. The molecule has 2 fully saturated rings. The summed E-state index contributed by atoms with van der Waals surface area (Å²) in [6.07, 6.45) is -7.75. The Kier molecular flexibility index (Phi) is 8.20. The van der Waals surface area contributed by atoms with Crippen LogP contribution in [0.4, 0.5) is 0 Å². The molecular weight excluding hydrogens is 524 g/mol. The van der Waals surface area contributed by atoms with Crippen molar-refractivity contribution in [1.29, 1.82) is 0 Å². The highest BCUT2D eigenvalue weighted by molar-refractivity contribution is 6.31. The maximum absolute atomic E-state index is 11.6. The second-order valence-corrected chi connectivity index (χ2v) is 12.9. The second kappa shape index (κ2) is 10.6. The van der Waals surface area contributed by atoms with Gasteiger partial charge >= 0.3 is 0 Å². The van der Waals surface area contributed by atoms with Gasteiger partial charge in [-0.25, -0.2) is 0 Å². The molecule has 216 valence electrons. The van der Waals surface area contributed by atoms with E-state index in [-0.39, 0.29) is 12.0 Å². The molecule has 2 aliphatic rings. The summed E-state index contributed by atoms with van der Waals surface area (Å²) in [6.45, 7) is 9.70. The monoisotopic (exact) mass is 564 g/mol. The van der Waals surface area contributed by atoms with E-state index in [1.54, 1.807) is 18.2 Å². The lowest BCUT2D eigenvalue weighted by Gasteiger charge is -2.56. The molecule has 6 N–H and O–H groups in total. The normalized spacial score (nSPS) is 32.9. The molecule has 2 aliphatic carbocycles. The molecule has 0 saturated heterocycles. The van der Waals surface area contributed by atoms with Crippen molar-refractivity contribution in [3.63, 3.8) is 0 Å². The lowest BCUT2D eigenvalue weighted by molar-refractivity contribution is -0.254. The Morgan fingerprint density at radius 1 is 0.897 bits per heavy atom. The Labute approximate surface area is 234 Å². The van der Waals surface area contributed by atoms with Crippen LogP contribution in [0.1, 0.15) is 57.7 Å². The predicted molar refractivity (Wildman–Crippen MR) is 147 cm³/mol. The van der Waals surface area contributed by atoms with Crippen molar-refractivity contribution < 1.29 is 40.1 Å². The fourth-order valence-electron chi connectivity index (χ4n) is 6.49. The maximum atomic E-state index is 11.6. The number of fused-ring (bicyclic) bond motifs is 2. The minimum Gasteiger partial charge on any atom is -0.491 e. The maximum Gasteiger partial charge on any atom is 0.119 e. The molecule has 2 saturated carbocycles. The van der Waals surface area contributed by atoms with Crippen molar-refractivity contribution >= 4 is 11.6 Å². The van der Waals surface area contributed by atoms with Crippen LogP contribution < -0.4 is 4.74 Å². The highest BCUT2D eigenvalue weighted by atomic mass is 35.5. The summed E-state index contributed by atoms with van der Waals surface area (Å²) in [4.78, 5) is 0. The number of aliphatic hydroxyl groups is 6. The van der Waals surface area contributed by atoms with Crippen molar-refractivity contribution in [2.45, 2.75) is 94.6 Å². The van der Waals surface area contributed by atoms with E-state index in [0.717, 1.165) is 5.56 Å². The van der Waals surface area contributed by atoms with E-state index >= 15 is 0 Å². The molecule has 0 radical (unpaired) electrons. The van der Waals surface area contributed by atoms with Gasteiger partial charge in [-0.05, 0) is 82.3 Å². The molecule has 2 aromatic rings. The number of halogens is 1. The molecule has 0 aliphatic heterocycles. The number of hydrogen-bond acceptors (Lipinski definition) is 8. The molecule has 2 aromatic carbocycles. The molecule has 9 heteroatoms. The van der Waals surface area contributed by atoms with Crippen LogP contribution in [0.15, 0.2) is 42.5 Å². The van der Waals surface area contributed by atoms with Crippen LogP contribution >= 0.6 is 11.6 Å². The number of aliphatic hydroxyl groups excluding tert-OH is 5. The molecule has 0 amide bonds. The first-order chi connectivity index (χ1) is 18.1. The Balaban J connectivity index is 1.60. The van der Waals surface area contributed by atoms with Crippen molar-refractivity contribution in [1.82, 2.24) is 0 Å². The summed E-state index contributed by atoms with van der Waals surface area (Å²) in [5, 5.41) is 67.4. The van der Waals surface area contributed by atoms with Crippen LogP contribution in [0, 0.1) is 5.41 Å². The van der Waals surface area contributed by atoms with Gasteiger partial charge in [-0.15, -0.1) is 0 Å². The third-order valence-corrected chi connectivity index (χ3v) is 8.95.